The minimum Gasteiger partial charge on any atom is -0.465 e. The fourth-order valence-corrected chi connectivity index (χ4v) is 4.49. The van der Waals surface area contributed by atoms with Crippen LogP contribution in [0.15, 0.2) is 0 Å². The highest BCUT2D eigenvalue weighted by atomic mass is 35.5. The van der Waals surface area contributed by atoms with Crippen molar-refractivity contribution in [1.29, 1.82) is 0 Å². The molecule has 3 rings (SSSR count). The Kier molecular flexibility index (Phi) is 4.78. The zero-order valence-corrected chi connectivity index (χ0v) is 12.6. The summed E-state index contributed by atoms with van der Waals surface area (Å²) in [5.74, 6) is 1.82. The fraction of sp³-hybridized carbons (Fsp3) is 0.933. The number of ether oxygens (including phenoxy) is 1. The molecule has 2 saturated carbocycles. The van der Waals surface area contributed by atoms with Crippen LogP contribution in [0.5, 0.6) is 0 Å². The molecule has 3 aliphatic rings. The Morgan fingerprint density at radius 3 is 2.84 bits per heavy atom. The molecule has 1 heterocycles. The monoisotopic (exact) mass is 287 g/mol. The van der Waals surface area contributed by atoms with Crippen LogP contribution in [0.4, 0.5) is 0 Å². The van der Waals surface area contributed by atoms with Gasteiger partial charge < -0.3 is 10.1 Å². The van der Waals surface area contributed by atoms with Crippen molar-refractivity contribution in [3.8, 4) is 0 Å². The maximum Gasteiger partial charge on any atom is 0.323 e. The van der Waals surface area contributed by atoms with Crippen LogP contribution in [-0.4, -0.2) is 25.2 Å². The molecule has 3 nitrogen and oxygen atoms in total. The Morgan fingerprint density at radius 2 is 2.21 bits per heavy atom. The Morgan fingerprint density at radius 1 is 1.37 bits per heavy atom. The number of rotatable bonds is 4. The van der Waals surface area contributed by atoms with Gasteiger partial charge >= 0.3 is 5.97 Å². The molecule has 2 aliphatic carbocycles. The lowest BCUT2D eigenvalue weighted by atomic mass is 9.72. The highest BCUT2D eigenvalue weighted by molar-refractivity contribution is 5.85. The standard InChI is InChI=1S/C15H25NO2.ClH/c1-2-3-6-18-14(17)13-9-15(10-16-13)8-11-4-5-12(15)7-11;/h11-13,16H,2-10H2,1H3;1H. The molecule has 1 N–H and O–H groups in total. The van der Waals surface area contributed by atoms with Gasteiger partial charge in [0.15, 0.2) is 0 Å². The lowest BCUT2D eigenvalue weighted by Gasteiger charge is -2.32. The topological polar surface area (TPSA) is 38.3 Å². The molecule has 4 atom stereocenters. The van der Waals surface area contributed by atoms with E-state index < -0.39 is 0 Å². The van der Waals surface area contributed by atoms with Crippen molar-refractivity contribution in [3.63, 3.8) is 0 Å². The molecular formula is C15H26ClNO2. The summed E-state index contributed by atoms with van der Waals surface area (Å²) in [7, 11) is 0. The molecule has 0 aromatic carbocycles. The van der Waals surface area contributed by atoms with Crippen molar-refractivity contribution in [2.45, 2.75) is 57.9 Å². The van der Waals surface area contributed by atoms with E-state index in [0.29, 0.717) is 12.0 Å². The van der Waals surface area contributed by atoms with Crippen LogP contribution in [0.25, 0.3) is 0 Å². The molecule has 2 bridgehead atoms. The largest absolute Gasteiger partial charge is 0.465 e. The second kappa shape index (κ2) is 6.01. The van der Waals surface area contributed by atoms with Gasteiger partial charge in [-0.15, -0.1) is 12.4 Å². The molecule has 0 aromatic rings. The molecule has 4 heteroatoms. The van der Waals surface area contributed by atoms with Crippen molar-refractivity contribution in [2.24, 2.45) is 17.3 Å². The van der Waals surface area contributed by atoms with E-state index in [0.717, 1.165) is 37.6 Å². The molecule has 4 unspecified atom stereocenters. The van der Waals surface area contributed by atoms with Crippen molar-refractivity contribution in [2.75, 3.05) is 13.2 Å². The molecular weight excluding hydrogens is 262 g/mol. The summed E-state index contributed by atoms with van der Waals surface area (Å²) >= 11 is 0. The van der Waals surface area contributed by atoms with Gasteiger partial charge in [-0.2, -0.15) is 0 Å². The number of hydrogen-bond donors (Lipinski definition) is 1. The molecule has 110 valence electrons. The number of unbranched alkanes of at least 4 members (excludes halogenated alkanes) is 1. The van der Waals surface area contributed by atoms with Crippen LogP contribution in [0.1, 0.15) is 51.9 Å². The molecule has 1 saturated heterocycles. The minimum absolute atomic E-state index is 0. The zero-order chi connectivity index (χ0) is 12.6. The Labute approximate surface area is 122 Å². The van der Waals surface area contributed by atoms with Gasteiger partial charge in [0, 0.05) is 6.54 Å². The Hall–Kier alpha value is -0.280. The van der Waals surface area contributed by atoms with Crippen molar-refractivity contribution >= 4 is 18.4 Å². The quantitative estimate of drug-likeness (QED) is 0.638. The zero-order valence-electron chi connectivity index (χ0n) is 11.8. The van der Waals surface area contributed by atoms with Gasteiger partial charge in [0.25, 0.3) is 0 Å². The normalized spacial score (nSPS) is 39.5. The van der Waals surface area contributed by atoms with Gasteiger partial charge in [-0.25, -0.2) is 0 Å². The van der Waals surface area contributed by atoms with Gasteiger partial charge in [0.2, 0.25) is 0 Å². The van der Waals surface area contributed by atoms with Gasteiger partial charge in [-0.05, 0) is 49.4 Å². The molecule has 0 aromatic heterocycles. The SMILES string of the molecule is CCCCOC(=O)C1CC2(CN1)CC1CCC2C1.Cl. The first-order chi connectivity index (χ1) is 8.73. The average molecular weight is 288 g/mol. The van der Waals surface area contributed by atoms with Crippen LogP contribution in [0.2, 0.25) is 0 Å². The predicted molar refractivity (Wildman–Crippen MR) is 77.4 cm³/mol. The van der Waals surface area contributed by atoms with Crippen LogP contribution >= 0.6 is 12.4 Å². The third kappa shape index (κ3) is 2.78. The van der Waals surface area contributed by atoms with E-state index in [1.165, 1.54) is 25.7 Å². The number of fused-ring (bicyclic) bond motifs is 3. The average Bonchev–Trinajstić information content (AvgIpc) is 3.05. The first kappa shape index (κ1) is 15.1. The maximum atomic E-state index is 12.0. The minimum atomic E-state index is -0.0267. The summed E-state index contributed by atoms with van der Waals surface area (Å²) in [6.07, 6.45) is 8.68. The van der Waals surface area contributed by atoms with Crippen LogP contribution in [0.3, 0.4) is 0 Å². The molecule has 0 amide bonds. The van der Waals surface area contributed by atoms with Gasteiger partial charge in [0.1, 0.15) is 6.04 Å². The third-order valence-corrected chi connectivity index (χ3v) is 5.44. The second-order valence-corrected chi connectivity index (χ2v) is 6.60. The van der Waals surface area contributed by atoms with Crippen LogP contribution in [-0.2, 0) is 9.53 Å². The van der Waals surface area contributed by atoms with Gasteiger partial charge in [-0.3, -0.25) is 4.79 Å². The van der Waals surface area contributed by atoms with E-state index >= 15 is 0 Å². The van der Waals surface area contributed by atoms with Crippen molar-refractivity contribution in [3.05, 3.63) is 0 Å². The van der Waals surface area contributed by atoms with E-state index in [-0.39, 0.29) is 24.4 Å². The highest BCUT2D eigenvalue weighted by Gasteiger charge is 2.55. The van der Waals surface area contributed by atoms with E-state index in [4.69, 9.17) is 4.74 Å². The number of esters is 1. The number of halogens is 1. The summed E-state index contributed by atoms with van der Waals surface area (Å²) in [4.78, 5) is 12.0. The summed E-state index contributed by atoms with van der Waals surface area (Å²) in [5, 5.41) is 3.43. The van der Waals surface area contributed by atoms with Gasteiger partial charge in [-0.1, -0.05) is 19.8 Å². The Bertz CT molecular complexity index is 336. The summed E-state index contributed by atoms with van der Waals surface area (Å²) in [5.41, 5.74) is 0.442. The summed E-state index contributed by atoms with van der Waals surface area (Å²) < 4.78 is 5.35. The number of carbonyl (C=O) groups excluding carboxylic acids is 1. The summed E-state index contributed by atoms with van der Waals surface area (Å²) in [6, 6.07) is -0.0267. The van der Waals surface area contributed by atoms with Crippen LogP contribution < -0.4 is 5.32 Å². The fourth-order valence-electron chi connectivity index (χ4n) is 4.49. The van der Waals surface area contributed by atoms with E-state index in [2.05, 4.69) is 12.2 Å². The first-order valence-corrected chi connectivity index (χ1v) is 7.63. The summed E-state index contributed by atoms with van der Waals surface area (Å²) in [6.45, 7) is 3.75. The van der Waals surface area contributed by atoms with E-state index in [1.807, 2.05) is 0 Å². The van der Waals surface area contributed by atoms with E-state index in [1.54, 1.807) is 0 Å². The third-order valence-electron chi connectivity index (χ3n) is 5.44. The predicted octanol–water partition coefficient (Wildman–Crippen LogP) is 2.92. The molecule has 19 heavy (non-hydrogen) atoms. The second-order valence-electron chi connectivity index (χ2n) is 6.60. The van der Waals surface area contributed by atoms with Crippen molar-refractivity contribution < 1.29 is 9.53 Å². The Balaban J connectivity index is 0.00000133. The molecule has 3 fully saturated rings. The smallest absolute Gasteiger partial charge is 0.323 e. The number of nitrogens with one attached hydrogen (secondary N) is 1. The molecule has 1 spiro atoms. The first-order valence-electron chi connectivity index (χ1n) is 7.63. The highest BCUT2D eigenvalue weighted by Crippen LogP contribution is 2.59. The lowest BCUT2D eigenvalue weighted by molar-refractivity contribution is -0.146. The van der Waals surface area contributed by atoms with Crippen LogP contribution in [0, 0.1) is 17.3 Å². The van der Waals surface area contributed by atoms with Crippen molar-refractivity contribution in [1.82, 2.24) is 5.32 Å². The van der Waals surface area contributed by atoms with Gasteiger partial charge in [0.05, 0.1) is 6.61 Å². The molecule has 0 radical (unpaired) electrons. The number of carbonyl (C=O) groups is 1. The lowest BCUT2D eigenvalue weighted by Crippen LogP contribution is -2.32. The maximum absolute atomic E-state index is 12.0. The van der Waals surface area contributed by atoms with E-state index in [9.17, 15) is 4.79 Å². The molecule has 1 aliphatic heterocycles. The number of hydrogen-bond acceptors (Lipinski definition) is 3.